The summed E-state index contributed by atoms with van der Waals surface area (Å²) in [5.74, 6) is 1.33. The van der Waals surface area contributed by atoms with E-state index in [9.17, 15) is 4.79 Å². The summed E-state index contributed by atoms with van der Waals surface area (Å²) in [5, 5.41) is 3.03. The first-order valence-electron chi connectivity index (χ1n) is 7.21. The number of aryl methyl sites for hydroxylation is 1. The summed E-state index contributed by atoms with van der Waals surface area (Å²) < 4.78 is 0. The van der Waals surface area contributed by atoms with Gasteiger partial charge >= 0.3 is 0 Å². The summed E-state index contributed by atoms with van der Waals surface area (Å²) in [6.07, 6.45) is 3.14. The van der Waals surface area contributed by atoms with Crippen LogP contribution in [0.5, 0.6) is 0 Å². The van der Waals surface area contributed by atoms with Gasteiger partial charge in [0.05, 0.1) is 5.75 Å². The first-order chi connectivity index (χ1) is 9.69. The van der Waals surface area contributed by atoms with E-state index in [-0.39, 0.29) is 5.91 Å². The predicted octanol–water partition coefficient (Wildman–Crippen LogP) is 2.30. The summed E-state index contributed by atoms with van der Waals surface area (Å²) in [7, 11) is 0. The molecule has 0 saturated carbocycles. The standard InChI is InChI=1S/C16H24N2OS/c1-13-5-3-4-6-15(13)11-18-8-7-14(10-18)9-17-16(19)12-20-2/h3-6,14H,7-12H2,1-2H3,(H,17,19)/t14-/m1/s1. The third-order valence-electron chi connectivity index (χ3n) is 3.89. The van der Waals surface area contributed by atoms with E-state index in [1.54, 1.807) is 11.8 Å². The zero-order valence-corrected chi connectivity index (χ0v) is 13.2. The molecule has 3 nitrogen and oxygen atoms in total. The van der Waals surface area contributed by atoms with Crippen molar-refractivity contribution in [2.45, 2.75) is 19.9 Å². The Hall–Kier alpha value is -1.00. The van der Waals surface area contributed by atoms with Crippen LogP contribution in [0.15, 0.2) is 24.3 Å². The van der Waals surface area contributed by atoms with E-state index in [1.165, 1.54) is 17.5 Å². The van der Waals surface area contributed by atoms with Crippen molar-refractivity contribution in [1.29, 1.82) is 0 Å². The number of carbonyl (C=O) groups is 1. The summed E-state index contributed by atoms with van der Waals surface area (Å²) in [6.45, 7) is 6.25. The van der Waals surface area contributed by atoms with E-state index < -0.39 is 0 Å². The average Bonchev–Trinajstić information content (AvgIpc) is 2.87. The lowest BCUT2D eigenvalue weighted by Gasteiger charge is -2.17. The molecule has 0 spiro atoms. The van der Waals surface area contributed by atoms with Crippen LogP contribution >= 0.6 is 11.8 Å². The second-order valence-electron chi connectivity index (χ2n) is 5.55. The number of hydrogen-bond acceptors (Lipinski definition) is 3. The monoisotopic (exact) mass is 292 g/mol. The maximum atomic E-state index is 11.5. The predicted molar refractivity (Wildman–Crippen MR) is 86.0 cm³/mol. The van der Waals surface area contributed by atoms with Crippen molar-refractivity contribution in [1.82, 2.24) is 10.2 Å². The zero-order valence-electron chi connectivity index (χ0n) is 12.4. The summed E-state index contributed by atoms with van der Waals surface area (Å²) in [6, 6.07) is 8.58. The molecule has 20 heavy (non-hydrogen) atoms. The minimum atomic E-state index is 0.162. The molecule has 1 aliphatic heterocycles. The fourth-order valence-corrected chi connectivity index (χ4v) is 3.06. The van der Waals surface area contributed by atoms with Crippen molar-refractivity contribution in [3.63, 3.8) is 0 Å². The molecule has 4 heteroatoms. The number of benzene rings is 1. The van der Waals surface area contributed by atoms with Crippen molar-refractivity contribution in [2.75, 3.05) is 31.6 Å². The van der Waals surface area contributed by atoms with Gasteiger partial charge in [-0.3, -0.25) is 9.69 Å². The number of hydrogen-bond donors (Lipinski definition) is 1. The molecular formula is C16H24N2OS. The quantitative estimate of drug-likeness (QED) is 0.873. The molecule has 110 valence electrons. The number of thioether (sulfide) groups is 1. The maximum Gasteiger partial charge on any atom is 0.229 e. The van der Waals surface area contributed by atoms with Crippen LogP contribution in [0.2, 0.25) is 0 Å². The van der Waals surface area contributed by atoms with Gasteiger partial charge in [-0.1, -0.05) is 24.3 Å². The van der Waals surface area contributed by atoms with Crippen LogP contribution in [0, 0.1) is 12.8 Å². The van der Waals surface area contributed by atoms with Crippen LogP contribution in [0.3, 0.4) is 0 Å². The Bertz CT molecular complexity index is 450. The molecule has 1 N–H and O–H groups in total. The number of nitrogens with zero attached hydrogens (tertiary/aromatic N) is 1. The van der Waals surface area contributed by atoms with Gasteiger partial charge in [0, 0.05) is 19.6 Å². The second kappa shape index (κ2) is 7.70. The molecule has 1 aromatic carbocycles. The van der Waals surface area contributed by atoms with Gasteiger partial charge < -0.3 is 5.32 Å². The third kappa shape index (κ3) is 4.53. The van der Waals surface area contributed by atoms with Crippen LogP contribution < -0.4 is 5.32 Å². The minimum absolute atomic E-state index is 0.162. The lowest BCUT2D eigenvalue weighted by molar-refractivity contribution is -0.118. The highest BCUT2D eigenvalue weighted by atomic mass is 32.2. The van der Waals surface area contributed by atoms with Gasteiger partial charge in [0.2, 0.25) is 5.91 Å². The van der Waals surface area contributed by atoms with Gasteiger partial charge in [0.15, 0.2) is 0 Å². The van der Waals surface area contributed by atoms with E-state index in [0.717, 1.165) is 26.2 Å². The maximum absolute atomic E-state index is 11.5. The van der Waals surface area contributed by atoms with Gasteiger partial charge in [-0.2, -0.15) is 11.8 Å². The smallest absolute Gasteiger partial charge is 0.229 e. The van der Waals surface area contributed by atoms with E-state index >= 15 is 0 Å². The first-order valence-corrected chi connectivity index (χ1v) is 8.61. The fraction of sp³-hybridized carbons (Fsp3) is 0.562. The zero-order chi connectivity index (χ0) is 14.4. The van der Waals surface area contributed by atoms with Crippen LogP contribution in [-0.4, -0.2) is 42.4 Å². The van der Waals surface area contributed by atoms with Gasteiger partial charge in [-0.25, -0.2) is 0 Å². The van der Waals surface area contributed by atoms with E-state index in [0.29, 0.717) is 11.7 Å². The van der Waals surface area contributed by atoms with E-state index in [2.05, 4.69) is 41.4 Å². The Kier molecular flexibility index (Phi) is 5.92. The van der Waals surface area contributed by atoms with E-state index in [4.69, 9.17) is 0 Å². The highest BCUT2D eigenvalue weighted by Crippen LogP contribution is 2.19. The molecule has 1 saturated heterocycles. The Balaban J connectivity index is 1.75. The molecule has 1 amide bonds. The Labute approximate surface area is 126 Å². The molecule has 1 heterocycles. The van der Waals surface area contributed by atoms with E-state index in [1.807, 2.05) is 6.26 Å². The van der Waals surface area contributed by atoms with Crippen LogP contribution in [0.25, 0.3) is 0 Å². The van der Waals surface area contributed by atoms with Gasteiger partial charge in [-0.15, -0.1) is 0 Å². The van der Waals surface area contributed by atoms with Gasteiger partial charge in [0.1, 0.15) is 0 Å². The van der Waals surface area contributed by atoms with Gasteiger partial charge in [0.25, 0.3) is 0 Å². The van der Waals surface area contributed by atoms with Crippen LogP contribution in [0.4, 0.5) is 0 Å². The first kappa shape index (κ1) is 15.4. The SMILES string of the molecule is CSCC(=O)NC[C@H]1CCN(Cc2ccccc2C)C1. The van der Waals surface area contributed by atoms with Crippen molar-refractivity contribution < 1.29 is 4.79 Å². The molecule has 2 rings (SSSR count). The normalized spacial score (nSPS) is 19.2. The van der Waals surface area contributed by atoms with Crippen LogP contribution in [0.1, 0.15) is 17.5 Å². The molecule has 1 aromatic rings. The fourth-order valence-electron chi connectivity index (χ4n) is 2.69. The second-order valence-corrected chi connectivity index (χ2v) is 6.42. The lowest BCUT2D eigenvalue weighted by atomic mass is 10.1. The highest BCUT2D eigenvalue weighted by molar-refractivity contribution is 7.99. The largest absolute Gasteiger partial charge is 0.355 e. The number of carbonyl (C=O) groups excluding carboxylic acids is 1. The summed E-state index contributed by atoms with van der Waals surface area (Å²) in [4.78, 5) is 14.0. The van der Waals surface area contributed by atoms with Gasteiger partial charge in [-0.05, 0) is 43.2 Å². The number of nitrogens with one attached hydrogen (secondary N) is 1. The molecule has 0 unspecified atom stereocenters. The summed E-state index contributed by atoms with van der Waals surface area (Å²) >= 11 is 1.57. The topological polar surface area (TPSA) is 32.3 Å². The average molecular weight is 292 g/mol. The molecule has 0 bridgehead atoms. The molecule has 1 atom stereocenters. The number of amides is 1. The molecule has 1 fully saturated rings. The molecule has 0 aromatic heterocycles. The Morgan fingerprint density at radius 1 is 1.45 bits per heavy atom. The highest BCUT2D eigenvalue weighted by Gasteiger charge is 2.22. The minimum Gasteiger partial charge on any atom is -0.355 e. The number of likely N-dealkylation sites (tertiary alicyclic amines) is 1. The van der Waals surface area contributed by atoms with Crippen molar-refractivity contribution in [3.8, 4) is 0 Å². The molecule has 1 aliphatic rings. The number of rotatable bonds is 6. The van der Waals surface area contributed by atoms with Crippen molar-refractivity contribution in [3.05, 3.63) is 35.4 Å². The Morgan fingerprint density at radius 2 is 2.25 bits per heavy atom. The van der Waals surface area contributed by atoms with Crippen molar-refractivity contribution >= 4 is 17.7 Å². The van der Waals surface area contributed by atoms with Crippen LogP contribution in [-0.2, 0) is 11.3 Å². The molecule has 0 radical (unpaired) electrons. The molecular weight excluding hydrogens is 268 g/mol. The molecule has 0 aliphatic carbocycles. The summed E-state index contributed by atoms with van der Waals surface area (Å²) in [5.41, 5.74) is 2.78. The lowest BCUT2D eigenvalue weighted by Crippen LogP contribution is -2.32. The van der Waals surface area contributed by atoms with Crippen molar-refractivity contribution in [2.24, 2.45) is 5.92 Å². The Morgan fingerprint density at radius 3 is 3.00 bits per heavy atom. The third-order valence-corrected chi connectivity index (χ3v) is 4.44.